The zero-order valence-corrected chi connectivity index (χ0v) is 10.6. The molecule has 0 bridgehead atoms. The molecule has 0 aromatic heterocycles. The van der Waals surface area contributed by atoms with Gasteiger partial charge in [0.25, 0.3) is 0 Å². The summed E-state index contributed by atoms with van der Waals surface area (Å²) in [4.78, 5) is 12.0. The fourth-order valence-electron chi connectivity index (χ4n) is 2.51. The van der Waals surface area contributed by atoms with Crippen LogP contribution in [0.15, 0.2) is 18.2 Å². The van der Waals surface area contributed by atoms with Gasteiger partial charge in [0, 0.05) is 12.3 Å². The molecule has 1 atom stereocenters. The molecule has 1 unspecified atom stereocenters. The lowest BCUT2D eigenvalue weighted by atomic mass is 9.99. The van der Waals surface area contributed by atoms with Gasteiger partial charge in [-0.2, -0.15) is 0 Å². The van der Waals surface area contributed by atoms with Gasteiger partial charge in [-0.3, -0.25) is 4.79 Å². The number of rotatable bonds is 3. The molecule has 0 amide bonds. The third-order valence-electron chi connectivity index (χ3n) is 3.56. The van der Waals surface area contributed by atoms with Crippen LogP contribution in [0.3, 0.4) is 0 Å². The van der Waals surface area contributed by atoms with Gasteiger partial charge in [-0.05, 0) is 31.2 Å². The van der Waals surface area contributed by atoms with Gasteiger partial charge in [0.2, 0.25) is 0 Å². The average molecular weight is 216 g/mol. The molecule has 1 saturated carbocycles. The second kappa shape index (κ2) is 3.73. The van der Waals surface area contributed by atoms with Crippen molar-refractivity contribution in [1.29, 1.82) is 0 Å². The summed E-state index contributed by atoms with van der Waals surface area (Å²) in [5, 5.41) is 0. The first-order valence-electron chi connectivity index (χ1n) is 5.98. The number of hydrogen-bond donors (Lipinski definition) is 0. The van der Waals surface area contributed by atoms with E-state index in [2.05, 4.69) is 45.9 Å². The third-order valence-corrected chi connectivity index (χ3v) is 3.56. The third kappa shape index (κ3) is 2.34. The van der Waals surface area contributed by atoms with E-state index >= 15 is 0 Å². The van der Waals surface area contributed by atoms with Gasteiger partial charge in [0.05, 0.1) is 0 Å². The number of benzene rings is 1. The number of hydrogen-bond acceptors (Lipinski definition) is 1. The summed E-state index contributed by atoms with van der Waals surface area (Å²) in [5.41, 5.74) is 3.93. The van der Waals surface area contributed by atoms with E-state index in [1.165, 1.54) is 16.7 Å². The first-order chi connectivity index (χ1) is 7.38. The van der Waals surface area contributed by atoms with E-state index in [0.717, 1.165) is 6.42 Å². The van der Waals surface area contributed by atoms with Crippen molar-refractivity contribution in [3.63, 3.8) is 0 Å². The van der Waals surface area contributed by atoms with E-state index in [-0.39, 0.29) is 5.41 Å². The van der Waals surface area contributed by atoms with Crippen molar-refractivity contribution in [2.75, 3.05) is 0 Å². The molecule has 1 fully saturated rings. The highest BCUT2D eigenvalue weighted by Gasteiger charge is 2.49. The van der Waals surface area contributed by atoms with E-state index in [0.29, 0.717) is 18.1 Å². The van der Waals surface area contributed by atoms with Gasteiger partial charge >= 0.3 is 0 Å². The van der Waals surface area contributed by atoms with Crippen LogP contribution in [0.1, 0.15) is 37.0 Å². The highest BCUT2D eigenvalue weighted by atomic mass is 16.1. The van der Waals surface area contributed by atoms with Crippen molar-refractivity contribution in [3.05, 3.63) is 34.9 Å². The van der Waals surface area contributed by atoms with Crippen LogP contribution in [0.5, 0.6) is 0 Å². The van der Waals surface area contributed by atoms with Crippen LogP contribution in [0, 0.1) is 25.2 Å². The quantitative estimate of drug-likeness (QED) is 0.756. The molecule has 1 nitrogen and oxygen atoms in total. The average Bonchev–Trinajstić information content (AvgIpc) is 2.73. The van der Waals surface area contributed by atoms with Gasteiger partial charge in [-0.1, -0.05) is 43.2 Å². The summed E-state index contributed by atoms with van der Waals surface area (Å²) < 4.78 is 0. The molecule has 0 heterocycles. The Morgan fingerprint density at radius 3 is 2.19 bits per heavy atom. The summed E-state index contributed by atoms with van der Waals surface area (Å²) in [7, 11) is 0. The Kier molecular flexibility index (Phi) is 2.65. The van der Waals surface area contributed by atoms with Crippen molar-refractivity contribution in [2.24, 2.45) is 11.3 Å². The Morgan fingerprint density at radius 2 is 1.75 bits per heavy atom. The van der Waals surface area contributed by atoms with E-state index in [9.17, 15) is 4.79 Å². The van der Waals surface area contributed by atoms with Crippen LogP contribution in [-0.2, 0) is 11.2 Å². The molecule has 0 saturated heterocycles. The maximum Gasteiger partial charge on any atom is 0.140 e. The number of carbonyl (C=O) groups is 1. The zero-order valence-electron chi connectivity index (χ0n) is 10.6. The maximum absolute atomic E-state index is 12.0. The number of carbonyl (C=O) groups excluding carboxylic acids is 1. The molecule has 0 radical (unpaired) electrons. The van der Waals surface area contributed by atoms with Gasteiger partial charge < -0.3 is 0 Å². The lowest BCUT2D eigenvalue weighted by Gasteiger charge is -2.05. The van der Waals surface area contributed by atoms with Gasteiger partial charge in [-0.25, -0.2) is 0 Å². The Morgan fingerprint density at radius 1 is 1.25 bits per heavy atom. The smallest absolute Gasteiger partial charge is 0.140 e. The predicted molar refractivity (Wildman–Crippen MR) is 66.5 cm³/mol. The van der Waals surface area contributed by atoms with Crippen molar-refractivity contribution in [1.82, 2.24) is 0 Å². The molecule has 1 aromatic rings. The van der Waals surface area contributed by atoms with Crippen LogP contribution in [-0.4, -0.2) is 5.78 Å². The van der Waals surface area contributed by atoms with Gasteiger partial charge in [0.15, 0.2) is 0 Å². The minimum absolute atomic E-state index is 0.260. The highest BCUT2D eigenvalue weighted by molar-refractivity contribution is 5.86. The van der Waals surface area contributed by atoms with E-state index < -0.39 is 0 Å². The monoisotopic (exact) mass is 216 g/mol. The first kappa shape index (κ1) is 11.4. The molecule has 0 aliphatic heterocycles. The fourth-order valence-corrected chi connectivity index (χ4v) is 2.51. The summed E-state index contributed by atoms with van der Waals surface area (Å²) >= 11 is 0. The molecule has 1 heteroatoms. The largest absolute Gasteiger partial charge is 0.299 e. The van der Waals surface area contributed by atoms with Crippen LogP contribution < -0.4 is 0 Å². The van der Waals surface area contributed by atoms with Crippen molar-refractivity contribution < 1.29 is 4.79 Å². The Balaban J connectivity index is 2.07. The second-order valence-electron chi connectivity index (χ2n) is 5.88. The summed E-state index contributed by atoms with van der Waals surface area (Å²) in [6.07, 6.45) is 1.67. The van der Waals surface area contributed by atoms with E-state index in [1.807, 2.05) is 0 Å². The van der Waals surface area contributed by atoms with Crippen LogP contribution in [0.4, 0.5) is 0 Å². The van der Waals surface area contributed by atoms with Gasteiger partial charge in [0.1, 0.15) is 5.78 Å². The highest BCUT2D eigenvalue weighted by Crippen LogP contribution is 2.52. The SMILES string of the molecule is Cc1cc(C)cc(CC(=O)C2CC2(C)C)c1. The lowest BCUT2D eigenvalue weighted by molar-refractivity contribution is -0.120. The number of aryl methyl sites for hydroxylation is 2. The normalized spacial score (nSPS) is 21.9. The molecule has 1 aliphatic carbocycles. The Labute approximate surface area is 97.9 Å². The standard InChI is InChI=1S/C15H20O/c1-10-5-11(2)7-12(6-10)8-14(16)13-9-15(13,3)4/h5-7,13H,8-9H2,1-4H3. The van der Waals surface area contributed by atoms with Crippen LogP contribution in [0.25, 0.3) is 0 Å². The maximum atomic E-state index is 12.0. The lowest BCUT2D eigenvalue weighted by Crippen LogP contribution is -2.09. The summed E-state index contributed by atoms with van der Waals surface area (Å²) in [5.74, 6) is 0.711. The van der Waals surface area contributed by atoms with Crippen LogP contribution in [0.2, 0.25) is 0 Å². The minimum atomic E-state index is 0.260. The van der Waals surface area contributed by atoms with Gasteiger partial charge in [-0.15, -0.1) is 0 Å². The molecule has 86 valence electrons. The molecular formula is C15H20O. The molecule has 16 heavy (non-hydrogen) atoms. The predicted octanol–water partition coefficient (Wildman–Crippen LogP) is 3.46. The number of ketones is 1. The molecule has 1 aromatic carbocycles. The number of Topliss-reactive ketones (excluding diaryl/α,β-unsaturated/α-hetero) is 1. The first-order valence-corrected chi connectivity index (χ1v) is 5.98. The zero-order chi connectivity index (χ0) is 11.9. The van der Waals surface area contributed by atoms with E-state index in [1.54, 1.807) is 0 Å². The Bertz CT molecular complexity index is 409. The molecule has 0 N–H and O–H groups in total. The fraction of sp³-hybridized carbons (Fsp3) is 0.533. The Hall–Kier alpha value is -1.11. The topological polar surface area (TPSA) is 17.1 Å². The van der Waals surface area contributed by atoms with Crippen molar-refractivity contribution in [2.45, 2.75) is 40.5 Å². The summed E-state index contributed by atoms with van der Waals surface area (Å²) in [6.45, 7) is 8.53. The summed E-state index contributed by atoms with van der Waals surface area (Å²) in [6, 6.07) is 6.40. The molecule has 0 spiro atoms. The van der Waals surface area contributed by atoms with Crippen molar-refractivity contribution in [3.8, 4) is 0 Å². The molecule has 1 aliphatic rings. The molecular weight excluding hydrogens is 196 g/mol. The minimum Gasteiger partial charge on any atom is -0.299 e. The van der Waals surface area contributed by atoms with E-state index in [4.69, 9.17) is 0 Å². The molecule has 2 rings (SSSR count). The second-order valence-corrected chi connectivity index (χ2v) is 5.88. The van der Waals surface area contributed by atoms with Crippen molar-refractivity contribution >= 4 is 5.78 Å². The van der Waals surface area contributed by atoms with Crippen LogP contribution >= 0.6 is 0 Å².